The number of carbonyl (C=O) groups excluding carboxylic acids is 1. The number of nitrogens with one attached hydrogen (secondary N) is 1. The third-order valence-electron chi connectivity index (χ3n) is 15.6. The minimum Gasteiger partial charge on any atom is -0.511 e. The third-order valence-corrected chi connectivity index (χ3v) is 15.6. The number of hydrogen-bond acceptors (Lipinski definition) is 20. The van der Waals surface area contributed by atoms with Gasteiger partial charge in [0.15, 0.2) is 11.5 Å². The Balaban J connectivity index is 1.18. The van der Waals surface area contributed by atoms with Crippen molar-refractivity contribution >= 4 is 29.1 Å². The van der Waals surface area contributed by atoms with Crippen molar-refractivity contribution in [2.45, 2.75) is 99.5 Å². The number of fused-ring (bicyclic) bond motifs is 5. The molecule has 0 unspecified atom stereocenters. The molecule has 0 amide bonds. The molecular formula is C67H90N4O17. The average Bonchev–Trinajstić information content (AvgIpc) is 1.70. The van der Waals surface area contributed by atoms with Gasteiger partial charge in [0, 0.05) is 81.4 Å². The van der Waals surface area contributed by atoms with Gasteiger partial charge in [-0.3, -0.25) is 9.59 Å². The molecule has 1 fully saturated rings. The highest BCUT2D eigenvalue weighted by molar-refractivity contribution is 6.22. The molecule has 8 bridgehead atoms. The largest absolute Gasteiger partial charge is 0.511 e. The van der Waals surface area contributed by atoms with Crippen LogP contribution < -0.4 is 19.5 Å². The molecular weight excluding hydrogens is 1130 g/mol. The number of carbonyl (C=O) groups is 2. The van der Waals surface area contributed by atoms with Crippen LogP contribution in [0.2, 0.25) is 0 Å². The van der Waals surface area contributed by atoms with Crippen LogP contribution in [-0.4, -0.2) is 180 Å². The van der Waals surface area contributed by atoms with Gasteiger partial charge in [0.25, 0.3) is 0 Å². The second-order valence-corrected chi connectivity index (χ2v) is 21.5. The summed E-state index contributed by atoms with van der Waals surface area (Å²) in [5, 5.41) is 25.1. The number of esters is 1. The van der Waals surface area contributed by atoms with E-state index in [2.05, 4.69) is 57.9 Å². The molecule has 2 atom stereocenters. The number of carboxylic acid groups (broad SMARTS) is 1. The molecule has 88 heavy (non-hydrogen) atoms. The summed E-state index contributed by atoms with van der Waals surface area (Å²) in [6.07, 6.45) is 6.94. The van der Waals surface area contributed by atoms with Crippen LogP contribution in [0.4, 0.5) is 0 Å². The Labute approximate surface area is 518 Å². The summed E-state index contributed by atoms with van der Waals surface area (Å²) in [6, 6.07) is 3.53. The van der Waals surface area contributed by atoms with Gasteiger partial charge < -0.3 is 77.1 Å². The molecule has 3 N–H and O–H groups in total. The van der Waals surface area contributed by atoms with Crippen LogP contribution in [0.25, 0.3) is 0 Å². The van der Waals surface area contributed by atoms with Gasteiger partial charge in [-0.2, -0.15) is 0 Å². The van der Waals surface area contributed by atoms with E-state index in [0.29, 0.717) is 145 Å². The zero-order valence-corrected chi connectivity index (χ0v) is 52.9. The van der Waals surface area contributed by atoms with Crippen molar-refractivity contribution in [1.82, 2.24) is 5.32 Å². The number of benzene rings is 1. The van der Waals surface area contributed by atoms with Gasteiger partial charge in [-0.05, 0) is 104 Å². The zero-order valence-electron chi connectivity index (χ0n) is 52.9. The predicted octanol–water partition coefficient (Wildman–Crippen LogP) is 9.40. The Hall–Kier alpha value is -6.71. The molecule has 0 radical (unpaired) electrons. The van der Waals surface area contributed by atoms with E-state index in [-0.39, 0.29) is 83.1 Å². The number of aliphatic carboxylic acids is 1. The number of ether oxygens (including phenoxy) is 13. The van der Waals surface area contributed by atoms with Crippen molar-refractivity contribution in [3.05, 3.63) is 109 Å². The van der Waals surface area contributed by atoms with Crippen molar-refractivity contribution in [2.75, 3.05) is 140 Å². The molecule has 0 spiro atoms. The van der Waals surface area contributed by atoms with Gasteiger partial charge in [0.2, 0.25) is 5.75 Å². The highest BCUT2D eigenvalue weighted by Crippen LogP contribution is 2.48. The fraction of sp³-hybridized carbons (Fsp3) is 0.567. The fourth-order valence-electron chi connectivity index (χ4n) is 11.0. The molecule has 1 aromatic rings. The zero-order chi connectivity index (χ0) is 62.8. The average molecular weight is 1220 g/mol. The van der Waals surface area contributed by atoms with Crippen LogP contribution in [0, 0.1) is 23.7 Å². The maximum atomic E-state index is 14.3. The molecule has 1 aromatic carbocycles. The number of aliphatic hydroxyl groups excluding tert-OH is 1. The minimum atomic E-state index is -0.880. The number of allylic oxidation sites excluding steroid dienone is 12. The van der Waals surface area contributed by atoms with E-state index in [9.17, 15) is 19.8 Å². The summed E-state index contributed by atoms with van der Waals surface area (Å²) in [6.45, 7) is 18.7. The topological polar surface area (TPSA) is 244 Å². The van der Waals surface area contributed by atoms with E-state index in [0.717, 1.165) is 79.8 Å². The first-order valence-corrected chi connectivity index (χ1v) is 30.7. The molecule has 1 saturated heterocycles. The molecule has 7 rings (SSSR count). The molecule has 6 aliphatic rings. The van der Waals surface area contributed by atoms with Gasteiger partial charge in [-0.25, -0.2) is 15.0 Å². The highest BCUT2D eigenvalue weighted by Gasteiger charge is 2.43. The number of unbranched alkanes of at least 4 members (excludes halogenated alkanes) is 1. The normalized spacial score (nSPS) is 17.8. The number of rotatable bonds is 40. The van der Waals surface area contributed by atoms with E-state index >= 15 is 0 Å². The summed E-state index contributed by atoms with van der Waals surface area (Å²) >= 11 is 0. The number of aliphatic hydroxyl groups is 1. The van der Waals surface area contributed by atoms with Crippen molar-refractivity contribution < 1.29 is 81.4 Å². The Morgan fingerprint density at radius 2 is 1.17 bits per heavy atom. The van der Waals surface area contributed by atoms with Crippen LogP contribution in [0.5, 0.6) is 17.2 Å². The number of hydrogen-bond donors (Lipinski definition) is 3. The lowest BCUT2D eigenvalue weighted by molar-refractivity contribution is -0.145. The number of aliphatic imine (C=N–C) groups is 3. The Bertz CT molecular complexity index is 3010. The van der Waals surface area contributed by atoms with Gasteiger partial charge in [-0.1, -0.05) is 32.6 Å². The maximum absolute atomic E-state index is 14.3. The number of methoxy groups -OCH3 is 3. The second kappa shape index (κ2) is 36.1. The Morgan fingerprint density at radius 1 is 0.636 bits per heavy atom. The van der Waals surface area contributed by atoms with E-state index < -0.39 is 11.9 Å². The van der Waals surface area contributed by atoms with Crippen molar-refractivity contribution in [2.24, 2.45) is 26.8 Å². The van der Waals surface area contributed by atoms with Gasteiger partial charge in [-0.15, -0.1) is 0 Å². The molecule has 5 aliphatic heterocycles. The number of nitrogens with zero attached hydrogens (tertiary/aromatic N) is 3. The summed E-state index contributed by atoms with van der Waals surface area (Å²) in [7, 11) is 4.86. The van der Waals surface area contributed by atoms with Gasteiger partial charge in [0.05, 0.1) is 139 Å². The summed E-state index contributed by atoms with van der Waals surface area (Å²) in [4.78, 5) is 41.6. The van der Waals surface area contributed by atoms with Gasteiger partial charge in [0.1, 0.15) is 32.2 Å². The van der Waals surface area contributed by atoms with Crippen molar-refractivity contribution in [3.8, 4) is 29.1 Å². The first-order valence-electron chi connectivity index (χ1n) is 30.7. The fourth-order valence-corrected chi connectivity index (χ4v) is 11.0. The Morgan fingerprint density at radius 3 is 1.73 bits per heavy atom. The molecule has 5 heterocycles. The second-order valence-electron chi connectivity index (χ2n) is 21.5. The highest BCUT2D eigenvalue weighted by atomic mass is 16.6. The molecule has 21 heteroatoms. The third kappa shape index (κ3) is 18.9. The smallest absolute Gasteiger partial charge is 0.306 e. The summed E-state index contributed by atoms with van der Waals surface area (Å²) in [5.74, 6) is 6.17. The lowest BCUT2D eigenvalue weighted by Gasteiger charge is -2.19. The monoisotopic (exact) mass is 1220 g/mol. The Kier molecular flexibility index (Phi) is 28.2. The summed E-state index contributed by atoms with van der Waals surface area (Å²) < 4.78 is 74.4. The van der Waals surface area contributed by atoms with E-state index in [1.807, 2.05) is 13.0 Å². The molecule has 0 aromatic heterocycles. The van der Waals surface area contributed by atoms with Crippen LogP contribution in [-0.2, 0) is 63.6 Å². The minimum absolute atomic E-state index is 0.00394. The first kappa shape index (κ1) is 68.8. The van der Waals surface area contributed by atoms with E-state index in [4.69, 9.17) is 76.6 Å². The molecule has 0 saturated carbocycles. The molecule has 480 valence electrons. The molecule has 1 aliphatic carbocycles. The first-order chi connectivity index (χ1) is 42.8. The number of carboxylic acids is 1. The SMILES string of the molecule is CCC1=C(C)C2=NC1=CC1=C(C)C3=C(O)CC(=C4NC(=C(C#CCCCC(=O)O)C5=NC(=C2)C(CC)=C5C)[C@@H](C)[C@@H]4CCC(=O)OCc2cc(OCCOCCOCCOC)c(OCCOCCOCCOC)c(OCCOCCOCCOC)c2)C3=N1. The maximum Gasteiger partial charge on any atom is 0.306 e. The quantitative estimate of drug-likeness (QED) is 0.0315. The van der Waals surface area contributed by atoms with Crippen LogP contribution in [0.3, 0.4) is 0 Å². The van der Waals surface area contributed by atoms with Gasteiger partial charge >= 0.3 is 11.9 Å². The van der Waals surface area contributed by atoms with Crippen LogP contribution in [0.15, 0.2) is 118 Å². The lowest BCUT2D eigenvalue weighted by Crippen LogP contribution is -2.17. The standard InChI is InChI=1S/C67H90N4O17/c1-10-48-43(3)53-40-56-49(11-2)44(4)63(70-56)51(15-13-12-14-16-60(73)74)64-45(5)50(65(71-64)52-39-57(72)62-46(6)54(69-66(52)62)41-55(48)68-53)17-18-61(75)88-42-47-37-58(85-34-31-82-28-25-79-22-19-76-7)67(87-36-33-84-30-27-81-24-21-78-9)59(38-47)86-35-32-83-29-26-80-23-20-77-8/h37-38,40-41,45,50,71-72H,10-12,14,16-36,39,42H2,1-9H3,(H,73,74)/t45-,50-/m0/s1. The lowest BCUT2D eigenvalue weighted by atomic mass is 9.84. The van der Waals surface area contributed by atoms with Crippen LogP contribution >= 0.6 is 0 Å². The van der Waals surface area contributed by atoms with E-state index in [1.54, 1.807) is 33.5 Å². The van der Waals surface area contributed by atoms with Crippen molar-refractivity contribution in [3.63, 3.8) is 0 Å². The molecule has 21 nitrogen and oxygen atoms in total. The summed E-state index contributed by atoms with van der Waals surface area (Å²) in [5.41, 5.74) is 14.1. The van der Waals surface area contributed by atoms with E-state index in [1.165, 1.54) is 0 Å². The predicted molar refractivity (Wildman–Crippen MR) is 333 cm³/mol. The van der Waals surface area contributed by atoms with Crippen molar-refractivity contribution in [1.29, 1.82) is 0 Å². The van der Waals surface area contributed by atoms with Crippen LogP contribution in [0.1, 0.15) is 98.5 Å².